The molecule has 0 aliphatic rings. The SMILES string of the molecule is CCOC(=O)CCC(=O)c1nc(-c2ccc(OC(F)(F)F)cc2)cc(C#N)c1O. The van der Waals surface area contributed by atoms with Crippen LogP contribution in [0.15, 0.2) is 30.3 Å². The number of rotatable bonds is 7. The molecule has 1 N–H and O–H groups in total. The van der Waals surface area contributed by atoms with Gasteiger partial charge in [-0.1, -0.05) is 0 Å². The van der Waals surface area contributed by atoms with Crippen molar-refractivity contribution in [1.29, 1.82) is 5.26 Å². The number of esters is 1. The van der Waals surface area contributed by atoms with Gasteiger partial charge in [-0.3, -0.25) is 9.59 Å². The van der Waals surface area contributed by atoms with Crippen molar-refractivity contribution in [3.05, 3.63) is 41.6 Å². The van der Waals surface area contributed by atoms with Gasteiger partial charge in [0.1, 0.15) is 17.5 Å². The van der Waals surface area contributed by atoms with Crippen molar-refractivity contribution in [3.63, 3.8) is 0 Å². The number of ether oxygens (including phenoxy) is 2. The first kappa shape index (κ1) is 21.7. The molecule has 0 saturated carbocycles. The third kappa shape index (κ3) is 5.93. The quantitative estimate of drug-likeness (QED) is 0.549. The van der Waals surface area contributed by atoms with Crippen molar-refractivity contribution >= 4 is 11.8 Å². The third-order valence-electron chi connectivity index (χ3n) is 3.62. The Hall–Kier alpha value is -3.61. The van der Waals surface area contributed by atoms with Gasteiger partial charge in [-0.2, -0.15) is 5.26 Å². The van der Waals surface area contributed by atoms with Gasteiger partial charge in [-0.05, 0) is 37.3 Å². The Morgan fingerprint density at radius 3 is 2.41 bits per heavy atom. The molecule has 10 heteroatoms. The Labute approximate surface area is 163 Å². The van der Waals surface area contributed by atoms with Crippen LogP contribution in [0.5, 0.6) is 11.5 Å². The number of pyridine rings is 1. The second kappa shape index (κ2) is 9.05. The van der Waals surface area contributed by atoms with E-state index in [9.17, 15) is 33.1 Å². The van der Waals surface area contributed by atoms with Crippen molar-refractivity contribution in [1.82, 2.24) is 4.98 Å². The minimum Gasteiger partial charge on any atom is -0.504 e. The summed E-state index contributed by atoms with van der Waals surface area (Å²) in [6.45, 7) is 1.76. The lowest BCUT2D eigenvalue weighted by molar-refractivity contribution is -0.274. The summed E-state index contributed by atoms with van der Waals surface area (Å²) in [4.78, 5) is 27.8. The van der Waals surface area contributed by atoms with E-state index in [-0.39, 0.29) is 36.3 Å². The lowest BCUT2D eigenvalue weighted by Gasteiger charge is -2.11. The highest BCUT2D eigenvalue weighted by molar-refractivity contribution is 5.99. The fraction of sp³-hybridized carbons (Fsp3) is 0.263. The Morgan fingerprint density at radius 1 is 1.21 bits per heavy atom. The zero-order valence-electron chi connectivity index (χ0n) is 15.1. The first-order valence-corrected chi connectivity index (χ1v) is 8.33. The number of aromatic hydroxyl groups is 1. The molecule has 1 aromatic carbocycles. The summed E-state index contributed by atoms with van der Waals surface area (Å²) < 4.78 is 45.3. The first-order chi connectivity index (χ1) is 13.6. The summed E-state index contributed by atoms with van der Waals surface area (Å²) in [6, 6.07) is 7.52. The summed E-state index contributed by atoms with van der Waals surface area (Å²) in [5.41, 5.74) is -0.295. The van der Waals surface area contributed by atoms with Gasteiger partial charge in [0.05, 0.1) is 24.3 Å². The van der Waals surface area contributed by atoms with Gasteiger partial charge in [-0.15, -0.1) is 13.2 Å². The van der Waals surface area contributed by atoms with Crippen molar-refractivity contribution in [2.24, 2.45) is 0 Å². The molecule has 0 saturated heterocycles. The smallest absolute Gasteiger partial charge is 0.504 e. The molecule has 0 bridgehead atoms. The number of hydrogen-bond acceptors (Lipinski definition) is 7. The van der Waals surface area contributed by atoms with Crippen molar-refractivity contribution in [2.75, 3.05) is 6.61 Å². The lowest BCUT2D eigenvalue weighted by atomic mass is 10.0. The molecule has 0 aliphatic carbocycles. The fourth-order valence-corrected chi connectivity index (χ4v) is 2.36. The number of Topliss-reactive ketones (excluding diaryl/α,β-unsaturated/α-hetero) is 1. The number of ketones is 1. The second-order valence-electron chi connectivity index (χ2n) is 5.66. The van der Waals surface area contributed by atoms with Crippen LogP contribution in [-0.4, -0.2) is 34.8 Å². The monoisotopic (exact) mass is 408 g/mol. The maximum atomic E-state index is 12.4. The maximum absolute atomic E-state index is 12.4. The van der Waals surface area contributed by atoms with Crippen molar-refractivity contribution in [3.8, 4) is 28.8 Å². The molecule has 152 valence electrons. The van der Waals surface area contributed by atoms with Crippen molar-refractivity contribution < 1.29 is 37.3 Å². The number of benzene rings is 1. The molecule has 0 radical (unpaired) electrons. The van der Waals surface area contributed by atoms with Crippen LogP contribution in [0.2, 0.25) is 0 Å². The fourth-order valence-electron chi connectivity index (χ4n) is 2.36. The molecule has 0 amide bonds. The number of nitrogens with zero attached hydrogens (tertiary/aromatic N) is 2. The molecule has 1 heterocycles. The molecule has 2 rings (SSSR count). The Kier molecular flexibility index (Phi) is 6.77. The van der Waals surface area contributed by atoms with Crippen LogP contribution in [0.1, 0.15) is 35.8 Å². The first-order valence-electron chi connectivity index (χ1n) is 8.33. The van der Waals surface area contributed by atoms with Gasteiger partial charge in [0.2, 0.25) is 0 Å². The van der Waals surface area contributed by atoms with E-state index >= 15 is 0 Å². The Balaban J connectivity index is 2.32. The van der Waals surface area contributed by atoms with Gasteiger partial charge in [-0.25, -0.2) is 4.98 Å². The summed E-state index contributed by atoms with van der Waals surface area (Å²) in [6.07, 6.45) is -5.37. The highest BCUT2D eigenvalue weighted by Crippen LogP contribution is 2.30. The highest BCUT2D eigenvalue weighted by Gasteiger charge is 2.31. The van der Waals surface area contributed by atoms with E-state index in [0.29, 0.717) is 0 Å². The predicted molar refractivity (Wildman–Crippen MR) is 92.9 cm³/mol. The molecule has 7 nitrogen and oxygen atoms in total. The van der Waals surface area contributed by atoms with E-state index in [0.717, 1.165) is 12.1 Å². The number of aromatic nitrogens is 1. The molecule has 29 heavy (non-hydrogen) atoms. The largest absolute Gasteiger partial charge is 0.573 e. The molecule has 0 fully saturated rings. The molecule has 0 atom stereocenters. The molecule has 2 aromatic rings. The lowest BCUT2D eigenvalue weighted by Crippen LogP contribution is -2.16. The Morgan fingerprint density at radius 2 is 1.86 bits per heavy atom. The van der Waals surface area contributed by atoms with Crippen LogP contribution in [0.25, 0.3) is 11.3 Å². The van der Waals surface area contributed by atoms with E-state index in [4.69, 9.17) is 4.74 Å². The van der Waals surface area contributed by atoms with E-state index in [1.165, 1.54) is 18.2 Å². The highest BCUT2D eigenvalue weighted by atomic mass is 19.4. The van der Waals surface area contributed by atoms with Crippen LogP contribution >= 0.6 is 0 Å². The van der Waals surface area contributed by atoms with Crippen LogP contribution in [0.3, 0.4) is 0 Å². The topological polar surface area (TPSA) is 110 Å². The van der Waals surface area contributed by atoms with Crippen molar-refractivity contribution in [2.45, 2.75) is 26.1 Å². The standard InChI is InChI=1S/C19H15F3N2O5/c1-2-28-16(26)8-7-15(25)17-18(27)12(10-23)9-14(24-17)11-3-5-13(6-4-11)29-19(20,21)22/h3-6,9,27H,2,7-8H2,1H3. The average Bonchev–Trinajstić information content (AvgIpc) is 2.66. The molecule has 1 aromatic heterocycles. The van der Waals surface area contributed by atoms with Crippen LogP contribution in [-0.2, 0) is 9.53 Å². The normalized spacial score (nSPS) is 10.9. The zero-order valence-corrected chi connectivity index (χ0v) is 15.1. The third-order valence-corrected chi connectivity index (χ3v) is 3.62. The van der Waals surface area contributed by atoms with E-state index in [1.807, 2.05) is 0 Å². The second-order valence-corrected chi connectivity index (χ2v) is 5.66. The van der Waals surface area contributed by atoms with Gasteiger partial charge >= 0.3 is 12.3 Å². The summed E-state index contributed by atoms with van der Waals surface area (Å²) >= 11 is 0. The maximum Gasteiger partial charge on any atom is 0.573 e. The summed E-state index contributed by atoms with van der Waals surface area (Å²) in [5.74, 6) is -2.38. The van der Waals surface area contributed by atoms with Gasteiger partial charge in [0.25, 0.3) is 0 Å². The average molecular weight is 408 g/mol. The van der Waals surface area contributed by atoms with Gasteiger partial charge < -0.3 is 14.6 Å². The predicted octanol–water partition coefficient (Wildman–Crippen LogP) is 3.75. The number of carbonyl (C=O) groups excluding carboxylic acids is 2. The number of halogens is 3. The Bertz CT molecular complexity index is 950. The minimum atomic E-state index is -4.84. The number of hydrogen-bond donors (Lipinski definition) is 1. The molecule has 0 unspecified atom stereocenters. The van der Waals surface area contributed by atoms with Gasteiger partial charge in [0, 0.05) is 12.0 Å². The molecular weight excluding hydrogens is 393 g/mol. The minimum absolute atomic E-state index is 0.0809. The zero-order chi connectivity index (χ0) is 21.6. The number of carbonyl (C=O) groups is 2. The summed E-state index contributed by atoms with van der Waals surface area (Å²) in [7, 11) is 0. The number of alkyl halides is 3. The molecule has 0 aliphatic heterocycles. The number of nitriles is 1. The van der Waals surface area contributed by atoms with Crippen LogP contribution in [0.4, 0.5) is 13.2 Å². The van der Waals surface area contributed by atoms with E-state index < -0.39 is 35.3 Å². The molecular formula is C19H15F3N2O5. The van der Waals surface area contributed by atoms with E-state index in [2.05, 4.69) is 9.72 Å². The molecule has 0 spiro atoms. The van der Waals surface area contributed by atoms with Crippen LogP contribution < -0.4 is 4.74 Å². The summed E-state index contributed by atoms with van der Waals surface area (Å²) in [5, 5.41) is 19.3. The van der Waals surface area contributed by atoms with E-state index in [1.54, 1.807) is 13.0 Å². The van der Waals surface area contributed by atoms with Gasteiger partial charge in [0.15, 0.2) is 11.5 Å². The van der Waals surface area contributed by atoms with Crippen LogP contribution in [0, 0.1) is 11.3 Å².